The molecule has 0 spiro atoms. The van der Waals surface area contributed by atoms with Crippen molar-refractivity contribution in [2.24, 2.45) is 0 Å². The summed E-state index contributed by atoms with van der Waals surface area (Å²) in [5, 5.41) is 3.35. The van der Waals surface area contributed by atoms with Gasteiger partial charge in [0.25, 0.3) is 0 Å². The Bertz CT molecular complexity index is 650. The average molecular weight is 297 g/mol. The van der Waals surface area contributed by atoms with Crippen LogP contribution in [-0.4, -0.2) is 12.6 Å². The monoisotopic (exact) mass is 297 g/mol. The smallest absolute Gasteiger partial charge is 0.340 e. The summed E-state index contributed by atoms with van der Waals surface area (Å²) in [5.41, 5.74) is 4.75. The Morgan fingerprint density at radius 2 is 1.77 bits per heavy atom. The van der Waals surface area contributed by atoms with E-state index < -0.39 is 0 Å². The second-order valence-corrected chi connectivity index (χ2v) is 5.41. The number of rotatable bonds is 6. The number of carbonyl (C=O) groups is 1. The van der Waals surface area contributed by atoms with Gasteiger partial charge in [0.05, 0.1) is 17.9 Å². The maximum atomic E-state index is 12.2. The van der Waals surface area contributed by atoms with Crippen molar-refractivity contribution in [3.8, 4) is 0 Å². The van der Waals surface area contributed by atoms with Gasteiger partial charge in [-0.1, -0.05) is 37.6 Å². The lowest BCUT2D eigenvalue weighted by molar-refractivity contribution is 0.0501. The van der Waals surface area contributed by atoms with Crippen molar-refractivity contribution >= 4 is 17.3 Å². The molecule has 1 N–H and O–H groups in total. The summed E-state index contributed by atoms with van der Waals surface area (Å²) < 4.78 is 5.32. The molecule has 116 valence electrons. The molecular weight excluding hydrogens is 274 g/mol. The number of hydrogen-bond acceptors (Lipinski definition) is 3. The van der Waals surface area contributed by atoms with Gasteiger partial charge in [0.15, 0.2) is 0 Å². The zero-order valence-electron chi connectivity index (χ0n) is 13.5. The van der Waals surface area contributed by atoms with E-state index in [0.29, 0.717) is 12.2 Å². The van der Waals surface area contributed by atoms with Gasteiger partial charge < -0.3 is 10.1 Å². The number of esters is 1. The van der Waals surface area contributed by atoms with Gasteiger partial charge in [-0.2, -0.15) is 0 Å². The quantitative estimate of drug-likeness (QED) is 0.602. The van der Waals surface area contributed by atoms with Crippen LogP contribution >= 0.6 is 0 Å². The van der Waals surface area contributed by atoms with Crippen LogP contribution in [0.1, 0.15) is 41.3 Å². The second kappa shape index (κ2) is 7.64. The molecule has 2 rings (SSSR count). The highest BCUT2D eigenvalue weighted by Crippen LogP contribution is 2.25. The minimum atomic E-state index is -0.276. The first kappa shape index (κ1) is 16.1. The van der Waals surface area contributed by atoms with Gasteiger partial charge in [0.1, 0.15) is 0 Å². The lowest BCUT2D eigenvalue weighted by Crippen LogP contribution is -2.09. The van der Waals surface area contributed by atoms with Crippen molar-refractivity contribution < 1.29 is 9.53 Å². The minimum Gasteiger partial charge on any atom is -0.462 e. The third kappa shape index (κ3) is 3.88. The summed E-state index contributed by atoms with van der Waals surface area (Å²) in [7, 11) is 0. The molecule has 2 aromatic rings. The maximum Gasteiger partial charge on any atom is 0.340 e. The van der Waals surface area contributed by atoms with Crippen molar-refractivity contribution in [2.75, 3.05) is 11.9 Å². The summed E-state index contributed by atoms with van der Waals surface area (Å²) in [4.78, 5) is 12.2. The molecule has 0 aliphatic carbocycles. The van der Waals surface area contributed by atoms with Crippen LogP contribution in [0.5, 0.6) is 0 Å². The summed E-state index contributed by atoms with van der Waals surface area (Å²) in [6, 6.07) is 13.6. The highest BCUT2D eigenvalue weighted by molar-refractivity contribution is 5.96. The van der Waals surface area contributed by atoms with Crippen LogP contribution in [0.15, 0.2) is 42.5 Å². The SMILES string of the molecule is CCCCOC(=O)c1ccccc1Nc1cccc(C)c1C. The van der Waals surface area contributed by atoms with E-state index >= 15 is 0 Å². The molecule has 0 aliphatic rings. The Balaban J connectivity index is 2.21. The van der Waals surface area contributed by atoms with Gasteiger partial charge in [-0.25, -0.2) is 4.79 Å². The van der Waals surface area contributed by atoms with Gasteiger partial charge in [0, 0.05) is 5.69 Å². The molecule has 0 unspecified atom stereocenters. The van der Waals surface area contributed by atoms with E-state index in [1.54, 1.807) is 6.07 Å². The van der Waals surface area contributed by atoms with Crippen LogP contribution in [0.2, 0.25) is 0 Å². The molecule has 0 atom stereocenters. The Kier molecular flexibility index (Phi) is 5.59. The molecule has 0 heterocycles. The molecule has 22 heavy (non-hydrogen) atoms. The van der Waals surface area contributed by atoms with Crippen LogP contribution < -0.4 is 5.32 Å². The fourth-order valence-corrected chi connectivity index (χ4v) is 2.19. The molecule has 0 amide bonds. The van der Waals surface area contributed by atoms with Crippen LogP contribution in [0, 0.1) is 13.8 Å². The van der Waals surface area contributed by atoms with E-state index in [4.69, 9.17) is 4.74 Å². The van der Waals surface area contributed by atoms with Crippen LogP contribution in [0.4, 0.5) is 11.4 Å². The molecule has 2 aromatic carbocycles. The summed E-state index contributed by atoms with van der Waals surface area (Å²) in [6.07, 6.45) is 1.90. The highest BCUT2D eigenvalue weighted by atomic mass is 16.5. The molecule has 0 aliphatic heterocycles. The number of anilines is 2. The van der Waals surface area contributed by atoms with Crippen LogP contribution in [-0.2, 0) is 4.74 Å². The number of aryl methyl sites for hydroxylation is 1. The lowest BCUT2D eigenvalue weighted by atomic mass is 10.1. The largest absolute Gasteiger partial charge is 0.462 e. The van der Waals surface area contributed by atoms with Crippen molar-refractivity contribution in [3.63, 3.8) is 0 Å². The van der Waals surface area contributed by atoms with E-state index in [1.807, 2.05) is 30.3 Å². The van der Waals surface area contributed by atoms with Gasteiger partial charge in [0.2, 0.25) is 0 Å². The first-order chi connectivity index (χ1) is 10.6. The molecule has 0 radical (unpaired) electrons. The first-order valence-electron chi connectivity index (χ1n) is 7.73. The Labute approximate surface area is 132 Å². The number of para-hydroxylation sites is 1. The predicted molar refractivity (Wildman–Crippen MR) is 90.8 cm³/mol. The topological polar surface area (TPSA) is 38.3 Å². The van der Waals surface area contributed by atoms with Crippen molar-refractivity contribution in [2.45, 2.75) is 33.6 Å². The minimum absolute atomic E-state index is 0.276. The summed E-state index contributed by atoms with van der Waals surface area (Å²) in [6.45, 7) is 6.68. The van der Waals surface area contributed by atoms with Crippen molar-refractivity contribution in [1.82, 2.24) is 0 Å². The number of ether oxygens (including phenoxy) is 1. The number of unbranched alkanes of at least 4 members (excludes halogenated alkanes) is 1. The number of benzene rings is 2. The van der Waals surface area contributed by atoms with Crippen molar-refractivity contribution in [3.05, 3.63) is 59.2 Å². The predicted octanol–water partition coefficient (Wildman–Crippen LogP) is 5.00. The van der Waals surface area contributed by atoms with Gasteiger partial charge in [-0.15, -0.1) is 0 Å². The lowest BCUT2D eigenvalue weighted by Gasteiger charge is -2.14. The third-order valence-corrected chi connectivity index (χ3v) is 3.75. The molecule has 0 saturated carbocycles. The molecule has 3 heteroatoms. The Hall–Kier alpha value is -2.29. The van der Waals surface area contributed by atoms with E-state index in [-0.39, 0.29) is 5.97 Å². The molecule has 0 aromatic heterocycles. The number of hydrogen-bond donors (Lipinski definition) is 1. The normalized spacial score (nSPS) is 10.3. The van der Waals surface area contributed by atoms with E-state index in [1.165, 1.54) is 11.1 Å². The van der Waals surface area contributed by atoms with Gasteiger partial charge in [-0.05, 0) is 49.6 Å². The molecule has 0 fully saturated rings. The molecule has 3 nitrogen and oxygen atoms in total. The van der Waals surface area contributed by atoms with Gasteiger partial charge >= 0.3 is 5.97 Å². The molecular formula is C19H23NO2. The van der Waals surface area contributed by atoms with E-state index in [2.05, 4.69) is 32.2 Å². The van der Waals surface area contributed by atoms with Crippen molar-refractivity contribution in [1.29, 1.82) is 0 Å². The second-order valence-electron chi connectivity index (χ2n) is 5.41. The Morgan fingerprint density at radius 1 is 1.05 bits per heavy atom. The summed E-state index contributed by atoms with van der Waals surface area (Å²) in [5.74, 6) is -0.276. The van der Waals surface area contributed by atoms with Crippen LogP contribution in [0.3, 0.4) is 0 Å². The van der Waals surface area contributed by atoms with Crippen LogP contribution in [0.25, 0.3) is 0 Å². The first-order valence-corrected chi connectivity index (χ1v) is 7.73. The highest BCUT2D eigenvalue weighted by Gasteiger charge is 2.13. The fraction of sp³-hybridized carbons (Fsp3) is 0.316. The Morgan fingerprint density at radius 3 is 2.55 bits per heavy atom. The number of carbonyl (C=O) groups excluding carboxylic acids is 1. The van der Waals surface area contributed by atoms with E-state index in [0.717, 1.165) is 24.2 Å². The molecule has 0 saturated heterocycles. The zero-order chi connectivity index (χ0) is 15.9. The van der Waals surface area contributed by atoms with Gasteiger partial charge in [-0.3, -0.25) is 0 Å². The zero-order valence-corrected chi connectivity index (χ0v) is 13.5. The third-order valence-electron chi connectivity index (χ3n) is 3.75. The standard InChI is InChI=1S/C19H23NO2/c1-4-5-13-22-19(21)16-10-6-7-11-18(16)20-17-12-8-9-14(2)15(17)3/h6-12,20H,4-5,13H2,1-3H3. The maximum absolute atomic E-state index is 12.2. The average Bonchev–Trinajstić information content (AvgIpc) is 2.52. The fourth-order valence-electron chi connectivity index (χ4n) is 2.19. The summed E-state index contributed by atoms with van der Waals surface area (Å²) >= 11 is 0. The number of nitrogens with one attached hydrogen (secondary N) is 1. The molecule has 0 bridgehead atoms. The van der Waals surface area contributed by atoms with E-state index in [9.17, 15) is 4.79 Å².